The number of carbonyl (C=O) groups is 1. The van der Waals surface area contributed by atoms with E-state index in [4.69, 9.17) is 14.5 Å². The maximum absolute atomic E-state index is 13.1. The minimum Gasteiger partial charge on any atom is -0.396 e. The Labute approximate surface area is 375 Å². The quantitative estimate of drug-likeness (QED) is 0.0259. The molecule has 0 spiro atoms. The van der Waals surface area contributed by atoms with Crippen LogP contribution in [0.3, 0.4) is 0 Å². The van der Waals surface area contributed by atoms with Gasteiger partial charge in [0.15, 0.2) is 6.10 Å². The van der Waals surface area contributed by atoms with E-state index >= 15 is 0 Å². The lowest BCUT2D eigenvalue weighted by molar-refractivity contribution is -0.532. The lowest BCUT2D eigenvalue weighted by Gasteiger charge is -2.40. The summed E-state index contributed by atoms with van der Waals surface area (Å²) in [6.07, 6.45) is 38.6. The molecule has 8 atom stereocenters. The Morgan fingerprint density at radius 3 is 1.23 bits per heavy atom. The molecule has 0 aromatic carbocycles. The number of unbranched alkanes of at least 4 members (excludes halogenated alkanes) is 33. The molecule has 1 amide bonds. The fourth-order valence-corrected chi connectivity index (χ4v) is 8.55. The Kier molecular flexibility index (Phi) is 39.9. The first-order valence-corrected chi connectivity index (χ1v) is 26.3. The van der Waals surface area contributed by atoms with Gasteiger partial charge in [0.25, 0.3) is 0 Å². The van der Waals surface area contributed by atoms with Crippen molar-refractivity contribution in [2.75, 3.05) is 13.2 Å². The summed E-state index contributed by atoms with van der Waals surface area (Å²) in [7, 11) is 0. The van der Waals surface area contributed by atoms with Gasteiger partial charge in [-0.2, -0.15) is 0 Å². The fraction of sp³-hybridized carbons (Fsp3) is 0.980. The molecule has 0 bridgehead atoms. The van der Waals surface area contributed by atoms with Crippen LogP contribution in [0.1, 0.15) is 258 Å². The number of carbonyl (C=O) groups excluding carboxylic acids is 1. The first-order chi connectivity index (χ1) is 29.8. The molecule has 1 heterocycles. The van der Waals surface area contributed by atoms with E-state index in [9.17, 15) is 30.3 Å². The molecule has 5 unspecified atom stereocenters. The smallest absolute Gasteiger partial charge is 0.223 e. The average molecular weight is 872 g/mol. The van der Waals surface area contributed by atoms with Crippen molar-refractivity contribution < 1.29 is 44.8 Å². The number of hydrogen-bond donors (Lipinski definition) is 6. The average Bonchev–Trinajstić information content (AvgIpc) is 3.25. The summed E-state index contributed by atoms with van der Waals surface area (Å²) in [6, 6.07) is -0.896. The lowest BCUT2D eigenvalue weighted by Crippen LogP contribution is -2.58. The number of hydrogen-bond acceptors (Lipinski definition) is 9. The predicted molar refractivity (Wildman–Crippen MR) is 250 cm³/mol. The van der Waals surface area contributed by atoms with Crippen molar-refractivity contribution in [1.82, 2.24) is 5.32 Å². The maximum atomic E-state index is 13.1. The van der Waals surface area contributed by atoms with Gasteiger partial charge in [-0.15, -0.1) is 0 Å². The SMILES string of the molecule is CCCCCCCCCCCCCCCCCCCCCCCCCC(=O)N[C@@H](COC1OOC1C(O)C(O)C(C)CO)[C@H](O)[C@H](O)CCCCCCCCCCCCCC. The molecule has 10 heteroatoms. The molecule has 1 saturated heterocycles. The van der Waals surface area contributed by atoms with Crippen molar-refractivity contribution in [2.24, 2.45) is 5.92 Å². The van der Waals surface area contributed by atoms with E-state index in [1.165, 1.54) is 186 Å². The minimum absolute atomic E-state index is 0.176. The second-order valence-electron chi connectivity index (χ2n) is 18.9. The Morgan fingerprint density at radius 1 is 0.525 bits per heavy atom. The second kappa shape index (κ2) is 41.8. The molecule has 10 nitrogen and oxygen atoms in total. The number of aliphatic hydroxyl groups excluding tert-OH is 5. The number of rotatable bonds is 47. The third kappa shape index (κ3) is 31.6. The molecule has 364 valence electrons. The van der Waals surface area contributed by atoms with Gasteiger partial charge in [0.2, 0.25) is 12.2 Å². The number of aliphatic hydroxyl groups is 5. The molecule has 0 radical (unpaired) electrons. The van der Waals surface area contributed by atoms with Crippen molar-refractivity contribution in [3.05, 3.63) is 0 Å². The molecule has 0 aromatic rings. The van der Waals surface area contributed by atoms with Crippen molar-refractivity contribution in [1.29, 1.82) is 0 Å². The molecule has 0 aliphatic carbocycles. The minimum atomic E-state index is -1.37. The van der Waals surface area contributed by atoms with Crippen LogP contribution in [0.2, 0.25) is 0 Å². The van der Waals surface area contributed by atoms with Gasteiger partial charge in [-0.05, 0) is 12.8 Å². The number of nitrogens with one attached hydrogen (secondary N) is 1. The van der Waals surface area contributed by atoms with Gasteiger partial charge in [-0.1, -0.05) is 239 Å². The highest BCUT2D eigenvalue weighted by Gasteiger charge is 2.46. The summed E-state index contributed by atoms with van der Waals surface area (Å²) in [4.78, 5) is 23.1. The highest BCUT2D eigenvalue weighted by atomic mass is 17.3. The standard InChI is InChI=1S/C51H101NO9/c1-4-6-8-10-12-14-16-18-19-20-21-22-23-24-25-26-27-28-30-32-34-36-38-40-46(55)52-44(42-59-51-50(60-61-51)49(58)47(56)43(3)41-53)48(57)45(54)39-37-35-33-31-29-17-15-13-11-9-7-5-2/h43-45,47-51,53-54,56-58H,4-42H2,1-3H3,(H,52,55)/t43?,44-,45+,47?,48-,49?,50?,51?/m0/s1. The van der Waals surface area contributed by atoms with Gasteiger partial charge >= 0.3 is 0 Å². The van der Waals surface area contributed by atoms with E-state index in [-0.39, 0.29) is 19.1 Å². The summed E-state index contributed by atoms with van der Waals surface area (Å²) < 4.78 is 5.81. The third-order valence-electron chi connectivity index (χ3n) is 13.0. The Balaban J connectivity index is 2.27. The number of ether oxygens (including phenoxy) is 1. The molecule has 0 aromatic heterocycles. The Bertz CT molecular complexity index is 944. The van der Waals surface area contributed by atoms with Gasteiger partial charge in [-0.25, -0.2) is 9.78 Å². The van der Waals surface area contributed by atoms with Crippen LogP contribution in [0, 0.1) is 5.92 Å². The van der Waals surface area contributed by atoms with Crippen LogP contribution in [0.4, 0.5) is 0 Å². The van der Waals surface area contributed by atoms with Crippen LogP contribution >= 0.6 is 0 Å². The van der Waals surface area contributed by atoms with Crippen LogP contribution < -0.4 is 5.32 Å². The predicted octanol–water partition coefficient (Wildman–Crippen LogP) is 11.7. The Hall–Kier alpha value is -0.850. The molecular formula is C51H101NO9. The zero-order valence-corrected chi connectivity index (χ0v) is 40.1. The van der Waals surface area contributed by atoms with Crippen molar-refractivity contribution >= 4 is 5.91 Å². The second-order valence-corrected chi connectivity index (χ2v) is 18.9. The highest BCUT2D eigenvalue weighted by Crippen LogP contribution is 2.26. The summed E-state index contributed by atoms with van der Waals surface area (Å²) in [6.45, 7) is 5.65. The van der Waals surface area contributed by atoms with Crippen molar-refractivity contribution in [3.63, 3.8) is 0 Å². The van der Waals surface area contributed by atoms with Crippen LogP contribution in [-0.2, 0) is 19.3 Å². The Morgan fingerprint density at radius 2 is 0.885 bits per heavy atom. The number of amides is 1. The third-order valence-corrected chi connectivity index (χ3v) is 13.0. The fourth-order valence-electron chi connectivity index (χ4n) is 8.55. The first kappa shape index (κ1) is 58.2. The van der Waals surface area contributed by atoms with E-state index in [0.29, 0.717) is 12.8 Å². The van der Waals surface area contributed by atoms with E-state index < -0.39 is 48.8 Å². The first-order valence-electron chi connectivity index (χ1n) is 26.3. The summed E-state index contributed by atoms with van der Waals surface area (Å²) >= 11 is 0. The van der Waals surface area contributed by atoms with Gasteiger partial charge in [-0.3, -0.25) is 4.79 Å². The zero-order valence-electron chi connectivity index (χ0n) is 40.1. The van der Waals surface area contributed by atoms with Crippen LogP contribution in [0.15, 0.2) is 0 Å². The van der Waals surface area contributed by atoms with Crippen molar-refractivity contribution in [2.45, 2.75) is 301 Å². The monoisotopic (exact) mass is 872 g/mol. The van der Waals surface area contributed by atoms with Crippen LogP contribution in [0.5, 0.6) is 0 Å². The van der Waals surface area contributed by atoms with Gasteiger partial charge in [0.05, 0.1) is 24.9 Å². The molecule has 1 rings (SSSR count). The van der Waals surface area contributed by atoms with E-state index in [2.05, 4.69) is 19.2 Å². The van der Waals surface area contributed by atoms with Gasteiger partial charge in [0.1, 0.15) is 12.2 Å². The maximum Gasteiger partial charge on any atom is 0.223 e. The molecule has 1 fully saturated rings. The molecule has 0 saturated carbocycles. The summed E-state index contributed by atoms with van der Waals surface area (Å²) in [5, 5.41) is 55.3. The zero-order chi connectivity index (χ0) is 44.6. The van der Waals surface area contributed by atoms with Crippen molar-refractivity contribution in [3.8, 4) is 0 Å². The molecular weight excluding hydrogens is 771 g/mol. The van der Waals surface area contributed by atoms with Crippen LogP contribution in [0.25, 0.3) is 0 Å². The van der Waals surface area contributed by atoms with Gasteiger partial charge < -0.3 is 35.6 Å². The molecule has 6 N–H and O–H groups in total. The highest BCUT2D eigenvalue weighted by molar-refractivity contribution is 5.76. The normalized spacial score (nSPS) is 18.4. The van der Waals surface area contributed by atoms with E-state index in [1.807, 2.05) is 0 Å². The summed E-state index contributed by atoms with van der Waals surface area (Å²) in [5.41, 5.74) is 0. The summed E-state index contributed by atoms with van der Waals surface area (Å²) in [5.74, 6) is -0.791. The molecule has 1 aliphatic rings. The molecule has 1 aliphatic heterocycles. The lowest BCUT2D eigenvalue weighted by atomic mass is 9.96. The molecule has 61 heavy (non-hydrogen) atoms. The van der Waals surface area contributed by atoms with Crippen LogP contribution in [-0.4, -0.2) is 87.5 Å². The van der Waals surface area contributed by atoms with Gasteiger partial charge in [0, 0.05) is 18.9 Å². The van der Waals surface area contributed by atoms with E-state index in [1.54, 1.807) is 6.92 Å². The largest absolute Gasteiger partial charge is 0.396 e. The topological polar surface area (TPSA) is 158 Å². The van der Waals surface area contributed by atoms with E-state index in [0.717, 1.165) is 38.5 Å².